The van der Waals surface area contributed by atoms with Crippen LogP contribution in [0.15, 0.2) is 0 Å². The first-order valence-electron chi connectivity index (χ1n) is 6.89. The molecule has 18 heavy (non-hydrogen) atoms. The quantitative estimate of drug-likeness (QED) is 0.874. The van der Waals surface area contributed by atoms with Crippen molar-refractivity contribution >= 4 is 0 Å². The molecule has 1 heterocycles. The summed E-state index contributed by atoms with van der Waals surface area (Å²) in [5, 5.41) is 14.3. The van der Waals surface area contributed by atoms with Gasteiger partial charge in [0.2, 0.25) is 0 Å². The van der Waals surface area contributed by atoms with Crippen molar-refractivity contribution in [2.24, 2.45) is 0 Å². The molecule has 0 aromatic carbocycles. The second-order valence-electron chi connectivity index (χ2n) is 7.50. The molecule has 0 amide bonds. The maximum absolute atomic E-state index is 9.61. The van der Waals surface area contributed by atoms with Crippen LogP contribution in [-0.2, 0) is 17.4 Å². The van der Waals surface area contributed by atoms with Crippen LogP contribution in [0.2, 0.25) is 0 Å². The summed E-state index contributed by atoms with van der Waals surface area (Å²) < 4.78 is 2.19. The summed E-state index contributed by atoms with van der Waals surface area (Å²) in [6.07, 6.45) is 2.44. The molecule has 1 aromatic heterocycles. The summed E-state index contributed by atoms with van der Waals surface area (Å²) in [7, 11) is 0. The Kier molecular flexibility index (Phi) is 3.09. The number of hydrogen-bond donors (Lipinski definition) is 1. The zero-order valence-corrected chi connectivity index (χ0v) is 12.5. The molecule has 1 aliphatic carbocycles. The van der Waals surface area contributed by atoms with E-state index in [1.807, 2.05) is 0 Å². The SMILES string of the molecule is CC(C)(C)c1c(CO)nn(C2CC2)c1C(C)(C)C. The molecule has 0 atom stereocenters. The van der Waals surface area contributed by atoms with Crippen LogP contribution in [0.4, 0.5) is 0 Å². The predicted octanol–water partition coefficient (Wildman–Crippen LogP) is 3.31. The highest BCUT2D eigenvalue weighted by atomic mass is 16.3. The molecule has 1 aliphatic rings. The molecule has 1 saturated carbocycles. The molecule has 0 unspecified atom stereocenters. The molecule has 2 rings (SSSR count). The van der Waals surface area contributed by atoms with Gasteiger partial charge in [0.05, 0.1) is 18.3 Å². The third-order valence-corrected chi connectivity index (χ3v) is 3.49. The Bertz CT molecular complexity index is 442. The van der Waals surface area contributed by atoms with E-state index in [4.69, 9.17) is 5.10 Å². The third-order valence-electron chi connectivity index (χ3n) is 3.49. The number of hydrogen-bond acceptors (Lipinski definition) is 2. The van der Waals surface area contributed by atoms with Gasteiger partial charge in [0.25, 0.3) is 0 Å². The van der Waals surface area contributed by atoms with E-state index < -0.39 is 0 Å². The van der Waals surface area contributed by atoms with Crippen molar-refractivity contribution in [1.29, 1.82) is 0 Å². The van der Waals surface area contributed by atoms with Gasteiger partial charge in [-0.1, -0.05) is 41.5 Å². The monoisotopic (exact) mass is 250 g/mol. The highest BCUT2D eigenvalue weighted by Gasteiger charge is 2.37. The lowest BCUT2D eigenvalue weighted by atomic mass is 9.78. The lowest BCUT2D eigenvalue weighted by Crippen LogP contribution is -2.24. The maximum Gasteiger partial charge on any atom is 0.0919 e. The number of aliphatic hydroxyl groups excluding tert-OH is 1. The van der Waals surface area contributed by atoms with Crippen molar-refractivity contribution in [1.82, 2.24) is 9.78 Å². The average molecular weight is 250 g/mol. The summed E-state index contributed by atoms with van der Waals surface area (Å²) in [4.78, 5) is 0. The Hall–Kier alpha value is -0.830. The Morgan fingerprint density at radius 2 is 1.67 bits per heavy atom. The predicted molar refractivity (Wildman–Crippen MR) is 73.8 cm³/mol. The topological polar surface area (TPSA) is 38.1 Å². The Labute approximate surface area is 110 Å². The first-order chi connectivity index (χ1) is 8.16. The maximum atomic E-state index is 9.61. The average Bonchev–Trinajstić information content (AvgIpc) is 2.94. The van der Waals surface area contributed by atoms with E-state index in [-0.39, 0.29) is 17.4 Å². The summed E-state index contributed by atoms with van der Waals surface area (Å²) in [6, 6.07) is 0.556. The summed E-state index contributed by atoms with van der Waals surface area (Å²) in [5.41, 5.74) is 3.49. The molecule has 3 heteroatoms. The molecule has 1 fully saturated rings. The number of aromatic nitrogens is 2. The second-order valence-corrected chi connectivity index (χ2v) is 7.50. The first-order valence-corrected chi connectivity index (χ1v) is 6.89. The highest BCUT2D eigenvalue weighted by Crippen LogP contribution is 2.43. The van der Waals surface area contributed by atoms with Crippen molar-refractivity contribution in [2.45, 2.75) is 77.9 Å². The molecule has 0 spiro atoms. The molecular formula is C15H26N2O. The normalized spacial score (nSPS) is 17.3. The number of aliphatic hydroxyl groups is 1. The van der Waals surface area contributed by atoms with Crippen LogP contribution >= 0.6 is 0 Å². The van der Waals surface area contributed by atoms with Crippen molar-refractivity contribution < 1.29 is 5.11 Å². The van der Waals surface area contributed by atoms with Crippen LogP contribution in [-0.4, -0.2) is 14.9 Å². The fourth-order valence-electron chi connectivity index (χ4n) is 2.68. The first kappa shape index (κ1) is 13.6. The van der Waals surface area contributed by atoms with Crippen LogP contribution < -0.4 is 0 Å². The minimum atomic E-state index is 0.0216. The van der Waals surface area contributed by atoms with Crippen LogP contribution in [0.3, 0.4) is 0 Å². The van der Waals surface area contributed by atoms with E-state index in [9.17, 15) is 5.11 Å². The van der Waals surface area contributed by atoms with Gasteiger partial charge < -0.3 is 5.11 Å². The van der Waals surface area contributed by atoms with Gasteiger partial charge in [0.15, 0.2) is 0 Å². The van der Waals surface area contributed by atoms with Crippen molar-refractivity contribution in [3.05, 3.63) is 17.0 Å². The molecule has 1 aromatic rings. The fourth-order valence-corrected chi connectivity index (χ4v) is 2.68. The fraction of sp³-hybridized carbons (Fsp3) is 0.800. The Morgan fingerprint density at radius 1 is 1.11 bits per heavy atom. The summed E-state index contributed by atoms with van der Waals surface area (Å²) >= 11 is 0. The van der Waals surface area contributed by atoms with E-state index in [0.717, 1.165) is 5.69 Å². The second kappa shape index (κ2) is 4.09. The van der Waals surface area contributed by atoms with Gasteiger partial charge in [-0.05, 0) is 18.3 Å². The van der Waals surface area contributed by atoms with E-state index >= 15 is 0 Å². The van der Waals surface area contributed by atoms with Gasteiger partial charge in [-0.25, -0.2) is 0 Å². The van der Waals surface area contributed by atoms with E-state index in [1.165, 1.54) is 24.1 Å². The zero-order valence-electron chi connectivity index (χ0n) is 12.5. The van der Waals surface area contributed by atoms with Crippen LogP contribution in [0, 0.1) is 0 Å². The zero-order chi connectivity index (χ0) is 13.7. The molecule has 0 saturated heterocycles. The molecule has 3 nitrogen and oxygen atoms in total. The molecule has 0 aliphatic heterocycles. The van der Waals surface area contributed by atoms with E-state index in [1.54, 1.807) is 0 Å². The summed E-state index contributed by atoms with van der Waals surface area (Å²) in [6.45, 7) is 13.4. The van der Waals surface area contributed by atoms with E-state index in [0.29, 0.717) is 6.04 Å². The summed E-state index contributed by atoms with van der Waals surface area (Å²) in [5.74, 6) is 0. The number of rotatable bonds is 2. The van der Waals surface area contributed by atoms with Crippen molar-refractivity contribution in [3.8, 4) is 0 Å². The van der Waals surface area contributed by atoms with Gasteiger partial charge in [0.1, 0.15) is 0 Å². The smallest absolute Gasteiger partial charge is 0.0919 e. The van der Waals surface area contributed by atoms with Crippen molar-refractivity contribution in [3.63, 3.8) is 0 Å². The van der Waals surface area contributed by atoms with Crippen LogP contribution in [0.1, 0.15) is 77.4 Å². The van der Waals surface area contributed by atoms with Gasteiger partial charge >= 0.3 is 0 Å². The van der Waals surface area contributed by atoms with Crippen molar-refractivity contribution in [2.75, 3.05) is 0 Å². The minimum Gasteiger partial charge on any atom is -0.390 e. The lowest BCUT2D eigenvalue weighted by molar-refractivity contribution is 0.272. The van der Waals surface area contributed by atoms with E-state index in [2.05, 4.69) is 46.2 Å². The lowest BCUT2D eigenvalue weighted by Gasteiger charge is -2.28. The molecule has 102 valence electrons. The molecular weight excluding hydrogens is 224 g/mol. The standard InChI is InChI=1S/C15H26N2O/c1-14(2,3)12-11(9-18)16-17(10-7-8-10)13(12)15(4,5)6/h10,18H,7-9H2,1-6H3. The Balaban J connectivity index is 2.67. The number of nitrogens with zero attached hydrogens (tertiary/aromatic N) is 2. The molecule has 0 bridgehead atoms. The highest BCUT2D eigenvalue weighted by molar-refractivity contribution is 5.37. The van der Waals surface area contributed by atoms with Gasteiger partial charge in [-0.3, -0.25) is 4.68 Å². The van der Waals surface area contributed by atoms with Crippen LogP contribution in [0.5, 0.6) is 0 Å². The molecule has 1 N–H and O–H groups in total. The largest absolute Gasteiger partial charge is 0.390 e. The van der Waals surface area contributed by atoms with Gasteiger partial charge in [0, 0.05) is 16.7 Å². The third kappa shape index (κ3) is 2.33. The minimum absolute atomic E-state index is 0.0216. The van der Waals surface area contributed by atoms with Gasteiger partial charge in [-0.2, -0.15) is 5.10 Å². The van der Waals surface area contributed by atoms with Crippen LogP contribution in [0.25, 0.3) is 0 Å². The van der Waals surface area contributed by atoms with Gasteiger partial charge in [-0.15, -0.1) is 0 Å². The molecule has 0 radical (unpaired) electrons. The Morgan fingerprint density at radius 3 is 2.00 bits per heavy atom.